The summed E-state index contributed by atoms with van der Waals surface area (Å²) >= 11 is 0. The molecular formula is C18H16N2. The summed E-state index contributed by atoms with van der Waals surface area (Å²) in [5, 5.41) is 0. The third-order valence-electron chi connectivity index (χ3n) is 3.32. The van der Waals surface area contributed by atoms with Gasteiger partial charge in [0, 0.05) is 11.8 Å². The maximum absolute atomic E-state index is 5.60. The molecule has 0 atom stereocenters. The fourth-order valence-corrected chi connectivity index (χ4v) is 2.22. The van der Waals surface area contributed by atoms with Crippen molar-refractivity contribution in [3.63, 3.8) is 0 Å². The molecule has 0 aliphatic heterocycles. The molecule has 2 N–H and O–H groups in total. The van der Waals surface area contributed by atoms with E-state index in [1.165, 1.54) is 11.1 Å². The molecule has 0 amide bonds. The Hall–Kier alpha value is -2.61. The first-order chi connectivity index (χ1) is 9.81. The third-order valence-corrected chi connectivity index (χ3v) is 3.32. The van der Waals surface area contributed by atoms with Gasteiger partial charge in [-0.3, -0.25) is 0 Å². The monoisotopic (exact) mass is 260 g/mol. The molecule has 0 unspecified atom stereocenters. The zero-order valence-electron chi connectivity index (χ0n) is 11.2. The fraction of sp³-hybridized carbons (Fsp3) is 0.0556. The predicted octanol–water partition coefficient (Wildman–Crippen LogP) is 3.92. The van der Waals surface area contributed by atoms with Gasteiger partial charge in [0.25, 0.3) is 0 Å². The summed E-state index contributed by atoms with van der Waals surface area (Å²) < 4.78 is 0. The maximum atomic E-state index is 5.60. The molecule has 3 rings (SSSR count). The van der Waals surface area contributed by atoms with E-state index in [-0.39, 0.29) is 0 Å². The highest BCUT2D eigenvalue weighted by atomic mass is 14.8. The second-order valence-electron chi connectivity index (χ2n) is 4.83. The number of benzene rings is 2. The van der Waals surface area contributed by atoms with E-state index in [1.807, 2.05) is 24.4 Å². The van der Waals surface area contributed by atoms with Crippen molar-refractivity contribution in [1.29, 1.82) is 0 Å². The van der Waals surface area contributed by atoms with Crippen molar-refractivity contribution in [1.82, 2.24) is 4.98 Å². The molecule has 20 heavy (non-hydrogen) atoms. The Morgan fingerprint density at radius 1 is 0.700 bits per heavy atom. The van der Waals surface area contributed by atoms with Crippen LogP contribution in [0.1, 0.15) is 11.1 Å². The lowest BCUT2D eigenvalue weighted by atomic mass is 10.0. The molecule has 2 aromatic carbocycles. The number of hydrogen-bond donors (Lipinski definition) is 1. The van der Waals surface area contributed by atoms with Crippen molar-refractivity contribution < 1.29 is 0 Å². The lowest BCUT2D eigenvalue weighted by molar-refractivity contribution is 1.19. The molecule has 0 saturated carbocycles. The van der Waals surface area contributed by atoms with Gasteiger partial charge in [0.15, 0.2) is 0 Å². The zero-order valence-corrected chi connectivity index (χ0v) is 11.2. The molecule has 1 aromatic heterocycles. The number of pyridine rings is 1. The van der Waals surface area contributed by atoms with Crippen LogP contribution in [0.4, 0.5) is 5.82 Å². The van der Waals surface area contributed by atoms with Gasteiger partial charge in [-0.25, -0.2) is 4.98 Å². The minimum Gasteiger partial charge on any atom is -0.384 e. The SMILES string of the molecule is Nc1ccc(-c2ccc(Cc3ccccc3)cc2)cn1. The van der Waals surface area contributed by atoms with E-state index in [0.717, 1.165) is 17.5 Å². The van der Waals surface area contributed by atoms with Crippen LogP contribution >= 0.6 is 0 Å². The minimum absolute atomic E-state index is 0.550. The molecule has 2 heteroatoms. The average molecular weight is 260 g/mol. The number of nitrogens with zero attached hydrogens (tertiary/aromatic N) is 1. The fourth-order valence-electron chi connectivity index (χ4n) is 2.22. The van der Waals surface area contributed by atoms with E-state index in [1.54, 1.807) is 0 Å². The Kier molecular flexibility index (Phi) is 3.46. The summed E-state index contributed by atoms with van der Waals surface area (Å²) in [6, 6.07) is 22.9. The van der Waals surface area contributed by atoms with Crippen LogP contribution in [-0.4, -0.2) is 4.98 Å². The van der Waals surface area contributed by atoms with Crippen LogP contribution in [0, 0.1) is 0 Å². The van der Waals surface area contributed by atoms with Crippen LogP contribution in [0.3, 0.4) is 0 Å². The summed E-state index contributed by atoms with van der Waals surface area (Å²) in [6.45, 7) is 0. The molecule has 0 saturated heterocycles. The molecule has 98 valence electrons. The van der Waals surface area contributed by atoms with Gasteiger partial charge in [-0.15, -0.1) is 0 Å². The smallest absolute Gasteiger partial charge is 0.123 e. The number of aromatic nitrogens is 1. The molecule has 0 fully saturated rings. The van der Waals surface area contributed by atoms with Gasteiger partial charge < -0.3 is 5.73 Å². The normalized spacial score (nSPS) is 10.4. The number of nitrogens with two attached hydrogens (primary N) is 1. The number of anilines is 1. The van der Waals surface area contributed by atoms with E-state index in [0.29, 0.717) is 5.82 Å². The molecule has 0 aliphatic rings. The number of rotatable bonds is 3. The predicted molar refractivity (Wildman–Crippen MR) is 83.3 cm³/mol. The van der Waals surface area contributed by atoms with Gasteiger partial charge in [0.2, 0.25) is 0 Å². The summed E-state index contributed by atoms with van der Waals surface area (Å²) in [5.74, 6) is 0.550. The summed E-state index contributed by atoms with van der Waals surface area (Å²) in [4.78, 5) is 4.12. The molecule has 1 heterocycles. The van der Waals surface area contributed by atoms with Crippen molar-refractivity contribution in [3.8, 4) is 11.1 Å². The van der Waals surface area contributed by atoms with Crippen molar-refractivity contribution >= 4 is 5.82 Å². The van der Waals surface area contributed by atoms with Gasteiger partial charge in [0.1, 0.15) is 5.82 Å². The third kappa shape index (κ3) is 2.86. The first-order valence-electron chi connectivity index (χ1n) is 6.66. The molecule has 0 aliphatic carbocycles. The van der Waals surface area contributed by atoms with Gasteiger partial charge in [-0.05, 0) is 35.2 Å². The summed E-state index contributed by atoms with van der Waals surface area (Å²) in [7, 11) is 0. The average Bonchev–Trinajstić information content (AvgIpc) is 2.50. The Bertz CT molecular complexity index is 671. The minimum atomic E-state index is 0.550. The van der Waals surface area contributed by atoms with E-state index in [4.69, 9.17) is 5.73 Å². The van der Waals surface area contributed by atoms with Gasteiger partial charge in [0.05, 0.1) is 0 Å². The standard InChI is InChI=1S/C18H16N2/c19-18-11-10-17(13-20-18)16-8-6-15(7-9-16)12-14-4-2-1-3-5-14/h1-11,13H,12H2,(H2,19,20). The Balaban J connectivity index is 1.79. The molecule has 0 bridgehead atoms. The number of nitrogen functional groups attached to an aromatic ring is 1. The van der Waals surface area contributed by atoms with Crippen LogP contribution in [-0.2, 0) is 6.42 Å². The van der Waals surface area contributed by atoms with E-state index < -0.39 is 0 Å². The van der Waals surface area contributed by atoms with E-state index in [2.05, 4.69) is 53.5 Å². The number of hydrogen-bond acceptors (Lipinski definition) is 2. The van der Waals surface area contributed by atoms with Crippen molar-refractivity contribution in [2.24, 2.45) is 0 Å². The van der Waals surface area contributed by atoms with Crippen LogP contribution in [0.15, 0.2) is 72.9 Å². The molecule has 3 aromatic rings. The molecule has 2 nitrogen and oxygen atoms in total. The lowest BCUT2D eigenvalue weighted by Crippen LogP contribution is -1.90. The Labute approximate surface area is 118 Å². The summed E-state index contributed by atoms with van der Waals surface area (Å²) in [6.07, 6.45) is 2.77. The second-order valence-corrected chi connectivity index (χ2v) is 4.83. The van der Waals surface area contributed by atoms with E-state index in [9.17, 15) is 0 Å². The summed E-state index contributed by atoms with van der Waals surface area (Å²) in [5.41, 5.74) is 10.5. The maximum Gasteiger partial charge on any atom is 0.123 e. The Morgan fingerprint density at radius 2 is 1.35 bits per heavy atom. The van der Waals surface area contributed by atoms with Crippen molar-refractivity contribution in [2.75, 3.05) is 5.73 Å². The lowest BCUT2D eigenvalue weighted by Gasteiger charge is -2.05. The van der Waals surface area contributed by atoms with Crippen molar-refractivity contribution in [3.05, 3.63) is 84.1 Å². The van der Waals surface area contributed by atoms with E-state index >= 15 is 0 Å². The van der Waals surface area contributed by atoms with Crippen molar-refractivity contribution in [2.45, 2.75) is 6.42 Å². The Morgan fingerprint density at radius 3 is 2.00 bits per heavy atom. The first-order valence-corrected chi connectivity index (χ1v) is 6.66. The van der Waals surface area contributed by atoms with Gasteiger partial charge in [-0.2, -0.15) is 0 Å². The van der Waals surface area contributed by atoms with Crippen LogP contribution in [0.25, 0.3) is 11.1 Å². The molecule has 0 spiro atoms. The molecule has 0 radical (unpaired) electrons. The second kappa shape index (κ2) is 5.57. The van der Waals surface area contributed by atoms with Crippen LogP contribution in [0.2, 0.25) is 0 Å². The van der Waals surface area contributed by atoms with Crippen LogP contribution < -0.4 is 5.73 Å². The van der Waals surface area contributed by atoms with Gasteiger partial charge in [-0.1, -0.05) is 54.6 Å². The van der Waals surface area contributed by atoms with Gasteiger partial charge >= 0.3 is 0 Å². The largest absolute Gasteiger partial charge is 0.384 e. The molecular weight excluding hydrogens is 244 g/mol. The first kappa shape index (κ1) is 12.4. The highest BCUT2D eigenvalue weighted by molar-refractivity contribution is 5.63. The zero-order chi connectivity index (χ0) is 13.8. The topological polar surface area (TPSA) is 38.9 Å². The highest BCUT2D eigenvalue weighted by Gasteiger charge is 2.00. The highest BCUT2D eigenvalue weighted by Crippen LogP contribution is 2.20. The quantitative estimate of drug-likeness (QED) is 0.775. The van der Waals surface area contributed by atoms with Crippen LogP contribution in [0.5, 0.6) is 0 Å².